The number of benzene rings is 2. The number of amides is 1. The number of nitro groups is 1. The molecule has 2 aromatic carbocycles. The van der Waals surface area contributed by atoms with Crippen LogP contribution in [0, 0.1) is 10.1 Å². The average molecular weight is 292 g/mol. The van der Waals surface area contributed by atoms with Gasteiger partial charge >= 0.3 is 0 Å². The first-order valence-electron chi connectivity index (χ1n) is 5.59. The van der Waals surface area contributed by atoms with Crippen LogP contribution in [0.1, 0.15) is 10.4 Å². The molecule has 0 bridgehead atoms. The molecule has 0 radical (unpaired) electrons. The van der Waals surface area contributed by atoms with Crippen LogP contribution in [0.3, 0.4) is 0 Å². The van der Waals surface area contributed by atoms with E-state index in [1.54, 1.807) is 30.3 Å². The lowest BCUT2D eigenvalue weighted by atomic mass is 10.1. The predicted molar refractivity (Wildman–Crippen MR) is 76.9 cm³/mol. The number of hydrogen-bond donors (Lipinski definition) is 2. The van der Waals surface area contributed by atoms with Gasteiger partial charge in [0.1, 0.15) is 0 Å². The van der Waals surface area contributed by atoms with Crippen LogP contribution in [-0.4, -0.2) is 10.8 Å². The Balaban J connectivity index is 2.36. The van der Waals surface area contributed by atoms with E-state index in [9.17, 15) is 14.9 Å². The van der Waals surface area contributed by atoms with E-state index >= 15 is 0 Å². The maximum Gasteiger partial charge on any atom is 0.271 e. The van der Waals surface area contributed by atoms with Crippen LogP contribution >= 0.6 is 11.6 Å². The molecule has 0 saturated heterocycles. The molecule has 1 amide bonds. The first kappa shape index (κ1) is 13.8. The zero-order valence-corrected chi connectivity index (χ0v) is 10.9. The number of nitrogens with two attached hydrogens (primary N) is 1. The minimum Gasteiger partial charge on any atom is -0.397 e. The molecule has 0 fully saturated rings. The maximum absolute atomic E-state index is 12.1. The van der Waals surface area contributed by atoms with Gasteiger partial charge in [-0.1, -0.05) is 29.8 Å². The Kier molecular flexibility index (Phi) is 3.86. The molecular formula is C13H10ClN3O3. The van der Waals surface area contributed by atoms with Crippen molar-refractivity contribution in [1.29, 1.82) is 0 Å². The predicted octanol–water partition coefficient (Wildman–Crippen LogP) is 3.08. The zero-order valence-electron chi connectivity index (χ0n) is 10.2. The van der Waals surface area contributed by atoms with Gasteiger partial charge in [0.2, 0.25) is 0 Å². The first-order chi connectivity index (χ1) is 9.49. The van der Waals surface area contributed by atoms with Crippen LogP contribution in [0.2, 0.25) is 5.02 Å². The van der Waals surface area contributed by atoms with E-state index in [0.717, 1.165) is 12.1 Å². The third-order valence-electron chi connectivity index (χ3n) is 2.60. The average Bonchev–Trinajstić information content (AvgIpc) is 2.42. The number of halogens is 1. The molecule has 0 aromatic heterocycles. The molecule has 0 aliphatic carbocycles. The standard InChI is InChI=1S/C13H10ClN3O3/c14-11-7-9(17(19)20)6-10(12(11)15)13(18)16-8-4-2-1-3-5-8/h1-7H,15H2,(H,16,18). The third kappa shape index (κ3) is 2.86. The number of nitrogens with one attached hydrogen (secondary N) is 1. The number of nitro benzene ring substituents is 1. The summed E-state index contributed by atoms with van der Waals surface area (Å²) in [6.45, 7) is 0. The fourth-order valence-electron chi connectivity index (χ4n) is 1.62. The van der Waals surface area contributed by atoms with Gasteiger partial charge < -0.3 is 11.1 Å². The van der Waals surface area contributed by atoms with Gasteiger partial charge in [-0.2, -0.15) is 0 Å². The molecule has 0 aliphatic heterocycles. The molecule has 0 saturated carbocycles. The summed E-state index contributed by atoms with van der Waals surface area (Å²) >= 11 is 5.80. The first-order valence-corrected chi connectivity index (χ1v) is 5.96. The molecule has 0 spiro atoms. The molecule has 2 rings (SSSR count). The second-order valence-corrected chi connectivity index (χ2v) is 4.37. The van der Waals surface area contributed by atoms with Gasteiger partial charge in [-0.05, 0) is 12.1 Å². The van der Waals surface area contributed by atoms with Crippen molar-refractivity contribution in [1.82, 2.24) is 0 Å². The van der Waals surface area contributed by atoms with Gasteiger partial charge in [-0.3, -0.25) is 14.9 Å². The Morgan fingerprint density at radius 1 is 1.25 bits per heavy atom. The van der Waals surface area contributed by atoms with Crippen molar-refractivity contribution in [3.05, 3.63) is 63.2 Å². The Labute approximate surface area is 119 Å². The van der Waals surface area contributed by atoms with E-state index in [-0.39, 0.29) is 22.0 Å². The monoisotopic (exact) mass is 291 g/mol. The molecule has 102 valence electrons. The Morgan fingerprint density at radius 3 is 2.50 bits per heavy atom. The van der Waals surface area contributed by atoms with Crippen LogP contribution in [0.25, 0.3) is 0 Å². The number of para-hydroxylation sites is 1. The van der Waals surface area contributed by atoms with Gasteiger partial charge in [0.05, 0.1) is 21.2 Å². The van der Waals surface area contributed by atoms with Crippen molar-refractivity contribution >= 4 is 34.6 Å². The smallest absolute Gasteiger partial charge is 0.271 e. The number of rotatable bonds is 3. The maximum atomic E-state index is 12.1. The minimum atomic E-state index is -0.634. The molecule has 0 heterocycles. The second-order valence-electron chi connectivity index (χ2n) is 3.97. The number of carbonyl (C=O) groups excluding carboxylic acids is 1. The van der Waals surface area contributed by atoms with E-state index in [2.05, 4.69) is 5.32 Å². The third-order valence-corrected chi connectivity index (χ3v) is 2.91. The van der Waals surface area contributed by atoms with Crippen LogP contribution in [-0.2, 0) is 0 Å². The summed E-state index contributed by atoms with van der Waals surface area (Å²) < 4.78 is 0. The molecule has 0 atom stereocenters. The van der Waals surface area contributed by atoms with Gasteiger partial charge in [0.15, 0.2) is 0 Å². The van der Waals surface area contributed by atoms with E-state index in [4.69, 9.17) is 17.3 Å². The quantitative estimate of drug-likeness (QED) is 0.516. The van der Waals surface area contributed by atoms with Crippen LogP contribution < -0.4 is 11.1 Å². The highest BCUT2D eigenvalue weighted by Crippen LogP contribution is 2.29. The van der Waals surface area contributed by atoms with Crippen molar-refractivity contribution in [3.63, 3.8) is 0 Å². The molecule has 3 N–H and O–H groups in total. The molecule has 6 nitrogen and oxygen atoms in total. The highest BCUT2D eigenvalue weighted by molar-refractivity contribution is 6.34. The number of non-ortho nitro benzene ring substituents is 1. The summed E-state index contributed by atoms with van der Waals surface area (Å²) in [6, 6.07) is 10.9. The summed E-state index contributed by atoms with van der Waals surface area (Å²) in [7, 11) is 0. The summed E-state index contributed by atoms with van der Waals surface area (Å²) in [5.41, 5.74) is 5.93. The van der Waals surface area contributed by atoms with Crippen LogP contribution in [0.4, 0.5) is 17.1 Å². The molecule has 0 aliphatic rings. The largest absolute Gasteiger partial charge is 0.397 e. The normalized spacial score (nSPS) is 10.1. The summed E-state index contributed by atoms with van der Waals surface area (Å²) in [5, 5.41) is 13.3. The van der Waals surface area contributed by atoms with Gasteiger partial charge in [-0.15, -0.1) is 0 Å². The van der Waals surface area contributed by atoms with Crippen molar-refractivity contribution < 1.29 is 9.72 Å². The SMILES string of the molecule is Nc1c(Cl)cc([N+](=O)[O-])cc1C(=O)Nc1ccccc1. The molecular weight excluding hydrogens is 282 g/mol. The number of hydrogen-bond acceptors (Lipinski definition) is 4. The van der Waals surface area contributed by atoms with Gasteiger partial charge in [0.25, 0.3) is 11.6 Å². The number of nitrogens with zero attached hydrogens (tertiary/aromatic N) is 1. The zero-order chi connectivity index (χ0) is 14.7. The second kappa shape index (κ2) is 5.58. The highest BCUT2D eigenvalue weighted by atomic mass is 35.5. The van der Waals surface area contributed by atoms with Gasteiger partial charge in [0, 0.05) is 17.8 Å². The lowest BCUT2D eigenvalue weighted by Gasteiger charge is -2.08. The van der Waals surface area contributed by atoms with E-state index in [1.165, 1.54) is 0 Å². The van der Waals surface area contributed by atoms with Crippen molar-refractivity contribution in [3.8, 4) is 0 Å². The lowest BCUT2D eigenvalue weighted by molar-refractivity contribution is -0.384. The topological polar surface area (TPSA) is 98.3 Å². The van der Waals surface area contributed by atoms with E-state index in [0.29, 0.717) is 5.69 Å². The van der Waals surface area contributed by atoms with Crippen LogP contribution in [0.5, 0.6) is 0 Å². The van der Waals surface area contributed by atoms with Crippen LogP contribution in [0.15, 0.2) is 42.5 Å². The minimum absolute atomic E-state index is 0.00528. The molecule has 2 aromatic rings. The van der Waals surface area contributed by atoms with E-state index < -0.39 is 10.8 Å². The summed E-state index contributed by atoms with van der Waals surface area (Å²) in [5.74, 6) is -0.556. The molecule has 0 unspecified atom stereocenters. The van der Waals surface area contributed by atoms with Crippen molar-refractivity contribution in [2.75, 3.05) is 11.1 Å². The van der Waals surface area contributed by atoms with Crippen molar-refractivity contribution in [2.45, 2.75) is 0 Å². The van der Waals surface area contributed by atoms with Crippen molar-refractivity contribution in [2.24, 2.45) is 0 Å². The number of anilines is 2. The summed E-state index contributed by atoms with van der Waals surface area (Å²) in [6.07, 6.45) is 0. The number of nitrogen functional groups attached to an aromatic ring is 1. The fraction of sp³-hybridized carbons (Fsp3) is 0. The Hall–Kier alpha value is -2.60. The highest BCUT2D eigenvalue weighted by Gasteiger charge is 2.18. The fourth-order valence-corrected chi connectivity index (χ4v) is 1.83. The molecule has 20 heavy (non-hydrogen) atoms. The molecule has 7 heteroatoms. The number of carbonyl (C=O) groups is 1. The lowest BCUT2D eigenvalue weighted by Crippen LogP contribution is -2.14. The van der Waals surface area contributed by atoms with Gasteiger partial charge in [-0.25, -0.2) is 0 Å². The van der Waals surface area contributed by atoms with E-state index in [1.807, 2.05) is 0 Å². The Morgan fingerprint density at radius 2 is 1.90 bits per heavy atom. The summed E-state index contributed by atoms with van der Waals surface area (Å²) in [4.78, 5) is 22.2. The Bertz CT molecular complexity index is 674.